The van der Waals surface area contributed by atoms with Crippen LogP contribution in [0.4, 0.5) is 0 Å². The Kier molecular flexibility index (Phi) is 12.1. The molecule has 0 heterocycles. The molecule has 138 valence electrons. The van der Waals surface area contributed by atoms with Crippen molar-refractivity contribution < 1.29 is 13.2 Å². The van der Waals surface area contributed by atoms with E-state index < -0.39 is 10.0 Å². The first kappa shape index (κ1) is 22.1. The molecule has 1 unspecified atom stereocenters. The van der Waals surface area contributed by atoms with Gasteiger partial charge in [-0.1, -0.05) is 13.8 Å². The Labute approximate surface area is 141 Å². The summed E-state index contributed by atoms with van der Waals surface area (Å²) >= 11 is 0. The van der Waals surface area contributed by atoms with Crippen LogP contribution in [0.25, 0.3) is 0 Å². The van der Waals surface area contributed by atoms with Gasteiger partial charge in [-0.15, -0.1) is 0 Å². The highest BCUT2D eigenvalue weighted by Gasteiger charge is 2.12. The van der Waals surface area contributed by atoms with E-state index in [0.29, 0.717) is 38.1 Å². The van der Waals surface area contributed by atoms with E-state index in [1.54, 1.807) is 6.92 Å². The molecule has 3 N–H and O–H groups in total. The zero-order valence-corrected chi connectivity index (χ0v) is 16.0. The minimum Gasteiger partial charge on any atom is -0.378 e. The van der Waals surface area contributed by atoms with Crippen molar-refractivity contribution in [2.24, 2.45) is 10.9 Å². The lowest BCUT2D eigenvalue weighted by atomic mass is 10.0. The second kappa shape index (κ2) is 12.5. The van der Waals surface area contributed by atoms with Crippen LogP contribution in [0.5, 0.6) is 0 Å². The smallest absolute Gasteiger partial charge is 0.211 e. The second-order valence-corrected chi connectivity index (χ2v) is 7.61. The Balaban J connectivity index is 4.27. The molecule has 0 aromatic heterocycles. The molecule has 0 rings (SSSR count). The minimum absolute atomic E-state index is 0.0924. The maximum atomic E-state index is 11.3. The van der Waals surface area contributed by atoms with Crippen LogP contribution < -0.4 is 15.4 Å². The molecule has 0 saturated carbocycles. The molecule has 0 aliphatic heterocycles. The van der Waals surface area contributed by atoms with Gasteiger partial charge in [0.05, 0.1) is 11.9 Å². The van der Waals surface area contributed by atoms with E-state index in [1.165, 1.54) is 0 Å². The summed E-state index contributed by atoms with van der Waals surface area (Å²) in [5.41, 5.74) is 0. The molecule has 0 spiro atoms. The van der Waals surface area contributed by atoms with Crippen molar-refractivity contribution in [2.45, 2.75) is 47.1 Å². The summed E-state index contributed by atoms with van der Waals surface area (Å²) in [5, 5.41) is 6.27. The molecule has 0 aromatic carbocycles. The lowest BCUT2D eigenvalue weighted by Crippen LogP contribution is -2.42. The van der Waals surface area contributed by atoms with E-state index in [9.17, 15) is 8.42 Å². The molecule has 7 nitrogen and oxygen atoms in total. The number of hydrogen-bond donors (Lipinski definition) is 3. The number of guanidine groups is 1. The average Bonchev–Trinajstić information content (AvgIpc) is 2.50. The molecule has 0 aliphatic carbocycles. The molecule has 0 saturated heterocycles. The molecular formula is C15H34N4O3S. The topological polar surface area (TPSA) is 91.8 Å². The van der Waals surface area contributed by atoms with Crippen LogP contribution >= 0.6 is 0 Å². The monoisotopic (exact) mass is 350 g/mol. The van der Waals surface area contributed by atoms with Gasteiger partial charge in [-0.2, -0.15) is 0 Å². The third-order valence-electron chi connectivity index (χ3n) is 3.27. The molecule has 8 heteroatoms. The number of hydrogen-bond acceptors (Lipinski definition) is 4. The zero-order chi connectivity index (χ0) is 17.7. The fraction of sp³-hybridized carbons (Fsp3) is 0.933. The van der Waals surface area contributed by atoms with Crippen LogP contribution in [0.2, 0.25) is 0 Å². The molecular weight excluding hydrogens is 316 g/mol. The molecule has 0 radical (unpaired) electrons. The molecule has 1 atom stereocenters. The lowest BCUT2D eigenvalue weighted by Gasteiger charge is -2.20. The Morgan fingerprint density at radius 2 is 1.83 bits per heavy atom. The molecule has 0 aliphatic rings. The van der Waals surface area contributed by atoms with E-state index in [4.69, 9.17) is 4.74 Å². The summed E-state index contributed by atoms with van der Waals surface area (Å²) in [6.07, 6.45) is 1.08. The van der Waals surface area contributed by atoms with Crippen LogP contribution in [0.1, 0.15) is 41.0 Å². The van der Waals surface area contributed by atoms with Gasteiger partial charge in [-0.25, -0.2) is 13.1 Å². The predicted octanol–water partition coefficient (Wildman–Crippen LogP) is 0.932. The fourth-order valence-corrected chi connectivity index (χ4v) is 2.58. The quantitative estimate of drug-likeness (QED) is 0.277. The van der Waals surface area contributed by atoms with Crippen molar-refractivity contribution in [3.8, 4) is 0 Å². The summed E-state index contributed by atoms with van der Waals surface area (Å²) in [5.74, 6) is 1.25. The van der Waals surface area contributed by atoms with Crippen LogP contribution in [0, 0.1) is 5.92 Å². The van der Waals surface area contributed by atoms with Gasteiger partial charge in [-0.3, -0.25) is 4.99 Å². The predicted molar refractivity (Wildman–Crippen MR) is 96.3 cm³/mol. The van der Waals surface area contributed by atoms with E-state index in [2.05, 4.69) is 34.2 Å². The second-order valence-electron chi connectivity index (χ2n) is 5.51. The third-order valence-corrected chi connectivity index (χ3v) is 4.68. The van der Waals surface area contributed by atoms with Gasteiger partial charge in [0.1, 0.15) is 0 Å². The number of rotatable bonds is 12. The van der Waals surface area contributed by atoms with E-state index in [1.807, 2.05) is 13.8 Å². The number of ether oxygens (including phenoxy) is 1. The third kappa shape index (κ3) is 11.3. The van der Waals surface area contributed by atoms with Gasteiger partial charge < -0.3 is 15.4 Å². The highest BCUT2D eigenvalue weighted by atomic mass is 32.2. The minimum atomic E-state index is -3.14. The lowest BCUT2D eigenvalue weighted by molar-refractivity contribution is 0.0266. The van der Waals surface area contributed by atoms with Gasteiger partial charge in [0, 0.05) is 32.8 Å². The van der Waals surface area contributed by atoms with Gasteiger partial charge in [-0.05, 0) is 33.1 Å². The number of aliphatic imine (C=N–C) groups is 1. The molecule has 23 heavy (non-hydrogen) atoms. The Bertz CT molecular complexity index is 424. The Morgan fingerprint density at radius 3 is 2.35 bits per heavy atom. The fourth-order valence-electron chi connectivity index (χ4n) is 1.96. The number of nitrogens with one attached hydrogen (secondary N) is 3. The Morgan fingerprint density at radius 1 is 1.13 bits per heavy atom. The molecule has 0 aromatic rings. The standard InChI is InChI=1S/C15H34N4O3S/c1-6-16-15(18-11-12-19-23(20,21)8-3)17-10-9-14(13(4)5)22-7-2/h13-14,19H,6-12H2,1-5H3,(H2,16,17,18). The van der Waals surface area contributed by atoms with Crippen molar-refractivity contribution in [3.05, 3.63) is 0 Å². The summed E-state index contributed by atoms with van der Waals surface area (Å²) in [7, 11) is -3.14. The summed E-state index contributed by atoms with van der Waals surface area (Å²) in [6, 6.07) is 0. The number of sulfonamides is 1. The first-order valence-corrected chi connectivity index (χ1v) is 10.1. The summed E-state index contributed by atoms with van der Waals surface area (Å²) in [6.45, 7) is 12.9. The van der Waals surface area contributed by atoms with Gasteiger partial charge in [0.15, 0.2) is 5.96 Å². The van der Waals surface area contributed by atoms with Crippen LogP contribution in [0.3, 0.4) is 0 Å². The molecule has 0 bridgehead atoms. The molecule has 0 amide bonds. The number of nitrogens with zero attached hydrogens (tertiary/aromatic N) is 1. The average molecular weight is 351 g/mol. The van der Waals surface area contributed by atoms with Crippen molar-refractivity contribution in [1.29, 1.82) is 0 Å². The van der Waals surface area contributed by atoms with Gasteiger partial charge in [0.25, 0.3) is 0 Å². The molecule has 0 fully saturated rings. The summed E-state index contributed by atoms with van der Waals surface area (Å²) < 4.78 is 30.9. The zero-order valence-electron chi connectivity index (χ0n) is 15.2. The van der Waals surface area contributed by atoms with Crippen LogP contribution in [-0.4, -0.2) is 59.0 Å². The van der Waals surface area contributed by atoms with E-state index in [-0.39, 0.29) is 11.9 Å². The van der Waals surface area contributed by atoms with Crippen LogP contribution in [0.15, 0.2) is 4.99 Å². The van der Waals surface area contributed by atoms with E-state index >= 15 is 0 Å². The van der Waals surface area contributed by atoms with Crippen LogP contribution in [-0.2, 0) is 14.8 Å². The summed E-state index contributed by atoms with van der Waals surface area (Å²) in [4.78, 5) is 4.51. The first-order chi connectivity index (χ1) is 10.9. The van der Waals surface area contributed by atoms with Crippen molar-refractivity contribution >= 4 is 16.0 Å². The SMILES string of the molecule is CCNC(=NCCC(OCC)C(C)C)NCCNS(=O)(=O)CC. The van der Waals surface area contributed by atoms with Gasteiger partial charge in [0.2, 0.25) is 10.0 Å². The Hall–Kier alpha value is -0.860. The largest absolute Gasteiger partial charge is 0.378 e. The normalized spacial score (nSPS) is 14.1. The van der Waals surface area contributed by atoms with Crippen molar-refractivity contribution in [2.75, 3.05) is 38.5 Å². The van der Waals surface area contributed by atoms with Crippen molar-refractivity contribution in [1.82, 2.24) is 15.4 Å². The van der Waals surface area contributed by atoms with Gasteiger partial charge >= 0.3 is 0 Å². The highest BCUT2D eigenvalue weighted by molar-refractivity contribution is 7.89. The van der Waals surface area contributed by atoms with E-state index in [0.717, 1.165) is 13.0 Å². The highest BCUT2D eigenvalue weighted by Crippen LogP contribution is 2.10. The first-order valence-electron chi connectivity index (χ1n) is 8.47. The maximum absolute atomic E-state index is 11.3. The van der Waals surface area contributed by atoms with Crippen molar-refractivity contribution in [3.63, 3.8) is 0 Å². The maximum Gasteiger partial charge on any atom is 0.211 e.